The Hall–Kier alpha value is -3.62. The second-order valence-corrected chi connectivity index (χ2v) is 8.66. The van der Waals surface area contributed by atoms with Crippen molar-refractivity contribution < 1.29 is 9.53 Å². The number of hydrogen-bond acceptors (Lipinski definition) is 6. The molecule has 0 unspecified atom stereocenters. The van der Waals surface area contributed by atoms with Gasteiger partial charge in [-0.15, -0.1) is 10.2 Å². The fourth-order valence-corrected chi connectivity index (χ4v) is 4.06. The molecule has 1 N–H and O–H groups in total. The van der Waals surface area contributed by atoms with Gasteiger partial charge in [0, 0.05) is 21.8 Å². The second-order valence-electron chi connectivity index (χ2n) is 7.31. The number of benzene rings is 3. The lowest BCUT2D eigenvalue weighted by Gasteiger charge is -2.11. The van der Waals surface area contributed by atoms with E-state index in [1.807, 2.05) is 78.2 Å². The summed E-state index contributed by atoms with van der Waals surface area (Å²) in [6, 6.07) is 22.9. The molecule has 0 aliphatic heterocycles. The Bertz CT molecular complexity index is 1300. The molecule has 0 saturated carbocycles. The van der Waals surface area contributed by atoms with E-state index in [1.165, 1.54) is 18.0 Å². The van der Waals surface area contributed by atoms with E-state index in [-0.39, 0.29) is 11.7 Å². The zero-order valence-corrected chi connectivity index (χ0v) is 20.2. The van der Waals surface area contributed by atoms with Gasteiger partial charge in [0.05, 0.1) is 19.1 Å². The summed E-state index contributed by atoms with van der Waals surface area (Å²) < 4.78 is 7.21. The Morgan fingerprint density at radius 1 is 1.09 bits per heavy atom. The number of hydrogen-bond donors (Lipinski definition) is 1. The molecule has 9 heteroatoms. The van der Waals surface area contributed by atoms with Crippen LogP contribution in [-0.2, 0) is 4.79 Å². The Balaban J connectivity index is 1.53. The predicted molar refractivity (Wildman–Crippen MR) is 136 cm³/mol. The molecule has 7 nitrogen and oxygen atoms in total. The number of ether oxygens (including phenoxy) is 1. The number of aromatic nitrogens is 3. The first kappa shape index (κ1) is 23.5. The molecule has 0 bridgehead atoms. The highest BCUT2D eigenvalue weighted by molar-refractivity contribution is 7.99. The first-order valence-corrected chi connectivity index (χ1v) is 11.8. The van der Waals surface area contributed by atoms with Crippen molar-refractivity contribution in [3.05, 3.63) is 88.9 Å². The third-order valence-corrected chi connectivity index (χ3v) is 6.18. The zero-order chi connectivity index (χ0) is 23.9. The monoisotopic (exact) mass is 491 g/mol. The Labute approximate surface area is 206 Å². The average Bonchev–Trinajstić information content (AvgIpc) is 3.28. The van der Waals surface area contributed by atoms with Gasteiger partial charge in [0.1, 0.15) is 5.75 Å². The number of thioether (sulfide) groups is 1. The summed E-state index contributed by atoms with van der Waals surface area (Å²) in [6.07, 6.45) is 1.51. The van der Waals surface area contributed by atoms with E-state index < -0.39 is 0 Å². The van der Waals surface area contributed by atoms with E-state index >= 15 is 0 Å². The molecule has 3 aromatic carbocycles. The Morgan fingerprint density at radius 2 is 1.82 bits per heavy atom. The van der Waals surface area contributed by atoms with Crippen LogP contribution >= 0.6 is 23.4 Å². The number of amides is 1. The van der Waals surface area contributed by atoms with Gasteiger partial charge in [-0.1, -0.05) is 71.4 Å². The highest BCUT2D eigenvalue weighted by Gasteiger charge is 2.17. The lowest BCUT2D eigenvalue weighted by atomic mass is 10.1. The van der Waals surface area contributed by atoms with Crippen LogP contribution in [0.3, 0.4) is 0 Å². The SMILES string of the molecule is COc1ccc(-n2c(SCC(=O)N/N=C/c3ccccc3Cl)nnc2-c2ccc(C)cc2)cc1. The molecule has 1 amide bonds. The number of carbonyl (C=O) groups is 1. The number of nitrogens with zero attached hydrogens (tertiary/aromatic N) is 4. The maximum Gasteiger partial charge on any atom is 0.250 e. The van der Waals surface area contributed by atoms with Crippen molar-refractivity contribution >= 4 is 35.5 Å². The Morgan fingerprint density at radius 3 is 2.53 bits per heavy atom. The van der Waals surface area contributed by atoms with E-state index in [2.05, 4.69) is 20.7 Å². The van der Waals surface area contributed by atoms with E-state index in [1.54, 1.807) is 13.2 Å². The molecule has 34 heavy (non-hydrogen) atoms. The van der Waals surface area contributed by atoms with Crippen molar-refractivity contribution in [2.75, 3.05) is 12.9 Å². The van der Waals surface area contributed by atoms with Crippen molar-refractivity contribution in [1.82, 2.24) is 20.2 Å². The predicted octanol–water partition coefficient (Wildman–Crippen LogP) is 5.15. The van der Waals surface area contributed by atoms with Crippen LogP contribution in [0.25, 0.3) is 17.1 Å². The number of methoxy groups -OCH3 is 1. The van der Waals surface area contributed by atoms with Crippen molar-refractivity contribution in [3.63, 3.8) is 0 Å². The van der Waals surface area contributed by atoms with Crippen molar-refractivity contribution in [3.8, 4) is 22.8 Å². The molecule has 0 saturated heterocycles. The molecule has 0 radical (unpaired) electrons. The number of aryl methyl sites for hydroxylation is 1. The average molecular weight is 492 g/mol. The van der Waals surface area contributed by atoms with Crippen molar-refractivity contribution in [2.45, 2.75) is 12.1 Å². The van der Waals surface area contributed by atoms with E-state index in [4.69, 9.17) is 16.3 Å². The van der Waals surface area contributed by atoms with Crippen LogP contribution in [0.4, 0.5) is 0 Å². The molecule has 1 aromatic heterocycles. The van der Waals surface area contributed by atoms with Crippen LogP contribution in [-0.4, -0.2) is 39.7 Å². The maximum absolute atomic E-state index is 12.4. The minimum absolute atomic E-state index is 0.113. The van der Waals surface area contributed by atoms with Gasteiger partial charge in [-0.2, -0.15) is 5.10 Å². The molecule has 172 valence electrons. The number of carbonyl (C=O) groups excluding carboxylic acids is 1. The second kappa shape index (κ2) is 11.0. The molecule has 0 spiro atoms. The van der Waals surface area contributed by atoms with Gasteiger partial charge in [-0.25, -0.2) is 5.43 Å². The van der Waals surface area contributed by atoms with Crippen LogP contribution in [0.15, 0.2) is 83.1 Å². The smallest absolute Gasteiger partial charge is 0.250 e. The molecule has 0 aliphatic carbocycles. The van der Waals surface area contributed by atoms with Gasteiger partial charge >= 0.3 is 0 Å². The van der Waals surface area contributed by atoms with Gasteiger partial charge in [0.2, 0.25) is 0 Å². The Kier molecular flexibility index (Phi) is 7.61. The largest absolute Gasteiger partial charge is 0.497 e. The van der Waals surface area contributed by atoms with Crippen molar-refractivity contribution in [1.29, 1.82) is 0 Å². The quantitative estimate of drug-likeness (QED) is 0.209. The van der Waals surface area contributed by atoms with E-state index in [9.17, 15) is 4.79 Å². The normalized spacial score (nSPS) is 11.0. The first-order valence-electron chi connectivity index (χ1n) is 10.4. The number of rotatable bonds is 8. The van der Waals surface area contributed by atoms with Gasteiger partial charge in [0.25, 0.3) is 5.91 Å². The van der Waals surface area contributed by atoms with Gasteiger partial charge < -0.3 is 4.74 Å². The molecule has 0 fully saturated rings. The first-order chi connectivity index (χ1) is 16.5. The zero-order valence-electron chi connectivity index (χ0n) is 18.6. The highest BCUT2D eigenvalue weighted by Crippen LogP contribution is 2.29. The topological polar surface area (TPSA) is 81.4 Å². The molecular formula is C25H22ClN5O2S. The van der Waals surface area contributed by atoms with E-state index in [0.29, 0.717) is 16.0 Å². The van der Waals surface area contributed by atoms with E-state index in [0.717, 1.165) is 28.1 Å². The summed E-state index contributed by atoms with van der Waals surface area (Å²) in [5.74, 6) is 1.28. The summed E-state index contributed by atoms with van der Waals surface area (Å²) >= 11 is 7.38. The van der Waals surface area contributed by atoms with Gasteiger partial charge in [-0.05, 0) is 37.3 Å². The minimum Gasteiger partial charge on any atom is -0.497 e. The van der Waals surface area contributed by atoms with Crippen LogP contribution in [0.1, 0.15) is 11.1 Å². The number of halogens is 1. The molecule has 4 aromatic rings. The summed E-state index contributed by atoms with van der Waals surface area (Å²) in [5, 5.41) is 13.9. The fraction of sp³-hybridized carbons (Fsp3) is 0.120. The van der Waals surface area contributed by atoms with Crippen LogP contribution in [0, 0.1) is 6.92 Å². The van der Waals surface area contributed by atoms with Crippen LogP contribution in [0.2, 0.25) is 5.02 Å². The molecule has 4 rings (SSSR count). The molecule has 0 atom stereocenters. The standard InChI is InChI=1S/C25H22ClN5O2S/c1-17-7-9-18(10-8-17)24-29-30-25(31(24)20-11-13-21(33-2)14-12-20)34-16-23(32)28-27-15-19-5-3-4-6-22(19)26/h3-15H,16H2,1-2H3,(H,28,32)/b27-15+. The lowest BCUT2D eigenvalue weighted by Crippen LogP contribution is -2.20. The summed E-state index contributed by atoms with van der Waals surface area (Å²) in [5.41, 5.74) is 6.19. The molecule has 0 aliphatic rings. The van der Waals surface area contributed by atoms with Crippen molar-refractivity contribution in [2.24, 2.45) is 5.10 Å². The maximum atomic E-state index is 12.4. The summed E-state index contributed by atoms with van der Waals surface area (Å²) in [4.78, 5) is 12.4. The van der Waals surface area contributed by atoms with Gasteiger partial charge in [0.15, 0.2) is 11.0 Å². The molecule has 1 heterocycles. The van der Waals surface area contributed by atoms with Crippen LogP contribution < -0.4 is 10.2 Å². The fourth-order valence-electron chi connectivity index (χ4n) is 3.13. The third kappa shape index (κ3) is 5.65. The number of nitrogens with one attached hydrogen (secondary N) is 1. The van der Waals surface area contributed by atoms with Gasteiger partial charge in [-0.3, -0.25) is 9.36 Å². The lowest BCUT2D eigenvalue weighted by molar-refractivity contribution is -0.118. The summed E-state index contributed by atoms with van der Waals surface area (Å²) in [6.45, 7) is 2.03. The van der Waals surface area contributed by atoms with Crippen LogP contribution in [0.5, 0.6) is 5.75 Å². The molecular weight excluding hydrogens is 470 g/mol. The highest BCUT2D eigenvalue weighted by atomic mass is 35.5. The minimum atomic E-state index is -0.269. The third-order valence-electron chi connectivity index (χ3n) is 4.90. The number of hydrazone groups is 1. The summed E-state index contributed by atoms with van der Waals surface area (Å²) in [7, 11) is 1.62.